The van der Waals surface area contributed by atoms with E-state index in [4.69, 9.17) is 0 Å². The first-order valence-corrected chi connectivity index (χ1v) is 9.52. The Hall–Kier alpha value is -1.72. The summed E-state index contributed by atoms with van der Waals surface area (Å²) < 4.78 is 40.9. The van der Waals surface area contributed by atoms with Gasteiger partial charge in [-0.2, -0.15) is 17.7 Å². The second kappa shape index (κ2) is 6.78. The van der Waals surface area contributed by atoms with Gasteiger partial charge < -0.3 is 4.90 Å². The number of aromatic nitrogens is 4. The van der Waals surface area contributed by atoms with Crippen LogP contribution in [0.2, 0.25) is 0 Å². The molecule has 0 spiro atoms. The van der Waals surface area contributed by atoms with E-state index in [-0.39, 0.29) is 5.65 Å². The van der Waals surface area contributed by atoms with E-state index in [1.807, 2.05) is 11.0 Å². The summed E-state index contributed by atoms with van der Waals surface area (Å²) in [7, 11) is 0. The molecule has 0 N–H and O–H groups in total. The Labute approximate surface area is 159 Å². The second-order valence-corrected chi connectivity index (χ2v) is 8.50. The van der Waals surface area contributed by atoms with Gasteiger partial charge in [-0.1, -0.05) is 0 Å². The van der Waals surface area contributed by atoms with Gasteiger partial charge in [-0.3, -0.25) is 4.90 Å². The molecule has 1 saturated heterocycles. The molecule has 4 rings (SSSR count). The Morgan fingerprint density at radius 1 is 1.04 bits per heavy atom. The zero-order chi connectivity index (χ0) is 18.3. The second-order valence-electron chi connectivity index (χ2n) is 5.95. The lowest BCUT2D eigenvalue weighted by Crippen LogP contribution is -2.46. The Balaban J connectivity index is 1.47. The Morgan fingerprint density at radius 2 is 1.81 bits per heavy atom. The summed E-state index contributed by atoms with van der Waals surface area (Å²) in [6.07, 6.45) is -4.58. The zero-order valence-corrected chi connectivity index (χ0v) is 15.9. The molecule has 0 radical (unpaired) electrons. The molecule has 0 atom stereocenters. The van der Waals surface area contributed by atoms with Crippen LogP contribution in [0.15, 0.2) is 28.1 Å². The zero-order valence-electron chi connectivity index (χ0n) is 13.4. The number of hydrogen-bond donors (Lipinski definition) is 0. The minimum absolute atomic E-state index is 0.0861. The van der Waals surface area contributed by atoms with Crippen LogP contribution in [0.5, 0.6) is 0 Å². The first kappa shape index (κ1) is 17.7. The van der Waals surface area contributed by atoms with Gasteiger partial charge in [0.1, 0.15) is 5.82 Å². The van der Waals surface area contributed by atoms with Crippen molar-refractivity contribution < 1.29 is 13.2 Å². The number of piperazine rings is 1. The molecule has 1 aliphatic heterocycles. The molecule has 138 valence electrons. The molecule has 0 unspecified atom stereocenters. The summed E-state index contributed by atoms with van der Waals surface area (Å²) in [5, 5.41) is 10.9. The van der Waals surface area contributed by atoms with Gasteiger partial charge in [0.25, 0.3) is 5.82 Å². The van der Waals surface area contributed by atoms with E-state index in [0.29, 0.717) is 18.9 Å². The molecular formula is C15H14BrF3N6S. The molecule has 26 heavy (non-hydrogen) atoms. The first-order valence-electron chi connectivity index (χ1n) is 7.91. The quantitative estimate of drug-likeness (QED) is 0.617. The summed E-state index contributed by atoms with van der Waals surface area (Å²) in [6.45, 7) is 3.93. The normalized spacial score (nSPS) is 16.5. The molecule has 1 aliphatic rings. The summed E-state index contributed by atoms with van der Waals surface area (Å²) in [5.41, 5.74) is 0.0861. The van der Waals surface area contributed by atoms with Crippen molar-refractivity contribution in [3.05, 3.63) is 38.8 Å². The topological polar surface area (TPSA) is 49.6 Å². The van der Waals surface area contributed by atoms with Crippen molar-refractivity contribution >= 4 is 38.7 Å². The molecule has 4 heterocycles. The van der Waals surface area contributed by atoms with Gasteiger partial charge in [0.15, 0.2) is 5.65 Å². The fraction of sp³-hybridized carbons (Fsp3) is 0.400. The predicted molar refractivity (Wildman–Crippen MR) is 95.3 cm³/mol. The third kappa shape index (κ3) is 3.55. The predicted octanol–water partition coefficient (Wildman–Crippen LogP) is 3.29. The molecule has 0 saturated carbocycles. The lowest BCUT2D eigenvalue weighted by Gasteiger charge is -2.35. The van der Waals surface area contributed by atoms with Crippen LogP contribution in [0.25, 0.3) is 5.65 Å². The largest absolute Gasteiger partial charge is 0.453 e. The summed E-state index contributed by atoms with van der Waals surface area (Å²) in [5.74, 6) is -0.599. The number of alkyl halides is 3. The molecule has 3 aromatic rings. The molecule has 0 aliphatic carbocycles. The SMILES string of the molecule is FC(F)(F)c1nnc2ccc(N3CCN(Cc4ccc(Br)s4)CC3)nn12. The number of halogens is 4. The fourth-order valence-corrected chi connectivity index (χ4v) is 4.44. The van der Waals surface area contributed by atoms with Crippen molar-refractivity contribution in [2.75, 3.05) is 31.1 Å². The van der Waals surface area contributed by atoms with Crippen molar-refractivity contribution in [2.45, 2.75) is 12.7 Å². The highest BCUT2D eigenvalue weighted by Crippen LogP contribution is 2.28. The molecule has 0 amide bonds. The van der Waals surface area contributed by atoms with Crippen molar-refractivity contribution in [1.82, 2.24) is 24.7 Å². The highest BCUT2D eigenvalue weighted by molar-refractivity contribution is 9.11. The van der Waals surface area contributed by atoms with Crippen LogP contribution in [0, 0.1) is 0 Å². The average Bonchev–Trinajstić information content (AvgIpc) is 3.20. The van der Waals surface area contributed by atoms with Crippen LogP contribution < -0.4 is 4.90 Å². The Morgan fingerprint density at radius 3 is 2.46 bits per heavy atom. The number of nitrogens with zero attached hydrogens (tertiary/aromatic N) is 6. The highest BCUT2D eigenvalue weighted by Gasteiger charge is 2.37. The molecule has 6 nitrogen and oxygen atoms in total. The maximum atomic E-state index is 13.0. The van der Waals surface area contributed by atoms with Crippen LogP contribution in [0.1, 0.15) is 10.7 Å². The minimum Gasteiger partial charge on any atom is -0.353 e. The summed E-state index contributed by atoms with van der Waals surface area (Å²) >= 11 is 5.17. The summed E-state index contributed by atoms with van der Waals surface area (Å²) in [6, 6.07) is 7.34. The van der Waals surface area contributed by atoms with Crippen molar-refractivity contribution in [3.63, 3.8) is 0 Å². The molecule has 1 fully saturated rings. The first-order chi connectivity index (χ1) is 12.4. The van der Waals surface area contributed by atoms with Gasteiger partial charge in [-0.05, 0) is 40.2 Å². The monoisotopic (exact) mass is 446 g/mol. The third-order valence-electron chi connectivity index (χ3n) is 4.21. The van der Waals surface area contributed by atoms with Crippen LogP contribution >= 0.6 is 27.3 Å². The van der Waals surface area contributed by atoms with E-state index in [9.17, 15) is 13.2 Å². The molecular weight excluding hydrogens is 433 g/mol. The minimum atomic E-state index is -4.58. The van der Waals surface area contributed by atoms with E-state index >= 15 is 0 Å². The van der Waals surface area contributed by atoms with Gasteiger partial charge in [-0.25, -0.2) is 0 Å². The number of rotatable bonds is 3. The van der Waals surface area contributed by atoms with E-state index < -0.39 is 12.0 Å². The molecule has 0 aromatic carbocycles. The maximum absolute atomic E-state index is 13.0. The smallest absolute Gasteiger partial charge is 0.353 e. The summed E-state index contributed by atoms with van der Waals surface area (Å²) in [4.78, 5) is 5.59. The number of thiophene rings is 1. The Kier molecular flexibility index (Phi) is 4.61. The lowest BCUT2D eigenvalue weighted by atomic mass is 10.3. The van der Waals surface area contributed by atoms with Crippen LogP contribution in [-0.2, 0) is 12.7 Å². The van der Waals surface area contributed by atoms with Crippen molar-refractivity contribution in [2.24, 2.45) is 0 Å². The van der Waals surface area contributed by atoms with E-state index in [1.165, 1.54) is 10.9 Å². The van der Waals surface area contributed by atoms with E-state index in [1.54, 1.807) is 17.4 Å². The maximum Gasteiger partial charge on any atom is 0.453 e. The number of fused-ring (bicyclic) bond motifs is 1. The third-order valence-corrected chi connectivity index (χ3v) is 5.82. The van der Waals surface area contributed by atoms with Gasteiger partial charge >= 0.3 is 6.18 Å². The van der Waals surface area contributed by atoms with Crippen molar-refractivity contribution in [1.29, 1.82) is 0 Å². The lowest BCUT2D eigenvalue weighted by molar-refractivity contribution is -0.146. The van der Waals surface area contributed by atoms with Gasteiger partial charge in [0.2, 0.25) is 0 Å². The van der Waals surface area contributed by atoms with Gasteiger partial charge in [0, 0.05) is 37.6 Å². The molecule has 11 heteroatoms. The molecule has 3 aromatic heterocycles. The Bertz CT molecular complexity index is 916. The standard InChI is InChI=1S/C15H14BrF3N6S/c16-11-2-1-10(26-11)9-23-5-7-24(8-6-23)13-4-3-12-20-21-14(15(17,18)19)25(12)22-13/h1-4H,5-9H2. The van der Waals surface area contributed by atoms with Gasteiger partial charge in [0.05, 0.1) is 3.79 Å². The number of hydrogen-bond acceptors (Lipinski definition) is 6. The van der Waals surface area contributed by atoms with Crippen LogP contribution in [0.4, 0.5) is 19.0 Å². The van der Waals surface area contributed by atoms with Crippen LogP contribution in [-0.4, -0.2) is 50.9 Å². The average molecular weight is 447 g/mol. The fourth-order valence-electron chi connectivity index (χ4n) is 2.92. The molecule has 0 bridgehead atoms. The van der Waals surface area contributed by atoms with Crippen LogP contribution in [0.3, 0.4) is 0 Å². The van der Waals surface area contributed by atoms with Gasteiger partial charge in [-0.15, -0.1) is 26.6 Å². The number of anilines is 1. The van der Waals surface area contributed by atoms with E-state index in [2.05, 4.69) is 42.2 Å². The highest BCUT2D eigenvalue weighted by atomic mass is 79.9. The van der Waals surface area contributed by atoms with Crippen molar-refractivity contribution in [3.8, 4) is 0 Å². The van der Waals surface area contributed by atoms with E-state index in [0.717, 1.165) is 27.9 Å².